The molecule has 0 bridgehead atoms. The summed E-state index contributed by atoms with van der Waals surface area (Å²) in [5, 5.41) is 0.573. The van der Waals surface area contributed by atoms with Crippen molar-refractivity contribution in [2.45, 2.75) is 13.3 Å². The minimum atomic E-state index is -4.70. The molecule has 100 valence electrons. The topological polar surface area (TPSA) is 39.2 Å². The molecule has 2 aromatic rings. The maximum atomic E-state index is 12.0. The number of carbonyl (C=O) groups is 1. The van der Waals surface area contributed by atoms with Gasteiger partial charge < -0.3 is 4.74 Å². The minimum Gasteiger partial charge on any atom is -0.406 e. The number of hydrogen-bond donors (Lipinski definition) is 0. The molecule has 2 rings (SSSR count). The van der Waals surface area contributed by atoms with Crippen LogP contribution < -0.4 is 4.74 Å². The van der Waals surface area contributed by atoms with Gasteiger partial charge in [-0.05, 0) is 24.3 Å². The Balaban J connectivity index is 2.20. The third-order valence-corrected chi connectivity index (χ3v) is 3.33. The Morgan fingerprint density at radius 1 is 1.26 bits per heavy atom. The lowest BCUT2D eigenvalue weighted by molar-refractivity contribution is -0.274. The van der Waals surface area contributed by atoms with Crippen molar-refractivity contribution in [1.29, 1.82) is 0 Å². The molecule has 0 N–H and O–H groups in total. The van der Waals surface area contributed by atoms with Crippen LogP contribution in [-0.2, 0) is 0 Å². The van der Waals surface area contributed by atoms with E-state index in [1.54, 1.807) is 0 Å². The molecule has 0 aliphatic heterocycles. The molecule has 7 heteroatoms. The van der Waals surface area contributed by atoms with Gasteiger partial charge >= 0.3 is 6.36 Å². The molecule has 1 aromatic heterocycles. The third kappa shape index (κ3) is 3.54. The zero-order valence-electron chi connectivity index (χ0n) is 9.69. The minimum absolute atomic E-state index is 0.0965. The molecule has 0 radical (unpaired) electrons. The molecule has 0 unspecified atom stereocenters. The van der Waals surface area contributed by atoms with Crippen LogP contribution in [0.2, 0.25) is 0 Å². The Kier molecular flexibility index (Phi) is 3.57. The lowest BCUT2D eigenvalue weighted by Gasteiger charge is -2.08. The first-order valence-electron chi connectivity index (χ1n) is 5.18. The van der Waals surface area contributed by atoms with Crippen molar-refractivity contribution in [3.63, 3.8) is 0 Å². The number of hydrogen-bond acceptors (Lipinski definition) is 4. The van der Waals surface area contributed by atoms with Crippen LogP contribution in [0, 0.1) is 0 Å². The number of nitrogens with zero attached hydrogens (tertiary/aromatic N) is 1. The van der Waals surface area contributed by atoms with E-state index in [1.165, 1.54) is 48.7 Å². The van der Waals surface area contributed by atoms with Crippen LogP contribution in [0.15, 0.2) is 30.5 Å². The van der Waals surface area contributed by atoms with Gasteiger partial charge in [0.1, 0.15) is 10.8 Å². The Hall–Kier alpha value is -1.89. The summed E-state index contributed by atoms with van der Waals surface area (Å²) in [6, 6.07) is 5.34. The standard InChI is InChI=1S/C12H8F3NO2S/c1-7(17)10-6-16-11(19-10)8-2-4-9(5-3-8)18-12(13,14)15/h2-6H,1H3. The fourth-order valence-corrected chi connectivity index (χ4v) is 2.19. The van der Waals surface area contributed by atoms with Crippen molar-refractivity contribution >= 4 is 17.1 Å². The Morgan fingerprint density at radius 3 is 2.37 bits per heavy atom. The first-order valence-corrected chi connectivity index (χ1v) is 6.00. The summed E-state index contributed by atoms with van der Waals surface area (Å²) in [4.78, 5) is 15.7. The summed E-state index contributed by atoms with van der Waals surface area (Å²) in [5.74, 6) is -0.389. The molecular formula is C12H8F3NO2S. The summed E-state index contributed by atoms with van der Waals surface area (Å²) >= 11 is 1.19. The molecule has 0 amide bonds. The van der Waals surface area contributed by atoms with Crippen LogP contribution in [0.1, 0.15) is 16.6 Å². The van der Waals surface area contributed by atoms with Crippen LogP contribution in [-0.4, -0.2) is 17.1 Å². The number of rotatable bonds is 3. The average molecular weight is 287 g/mol. The number of halogens is 3. The first-order chi connectivity index (χ1) is 8.85. The molecule has 0 saturated heterocycles. The van der Waals surface area contributed by atoms with E-state index < -0.39 is 6.36 Å². The van der Waals surface area contributed by atoms with Gasteiger partial charge in [0.25, 0.3) is 0 Å². The largest absolute Gasteiger partial charge is 0.573 e. The second-order valence-electron chi connectivity index (χ2n) is 3.66. The quantitative estimate of drug-likeness (QED) is 0.803. The SMILES string of the molecule is CC(=O)c1cnc(-c2ccc(OC(F)(F)F)cc2)s1. The van der Waals surface area contributed by atoms with E-state index in [4.69, 9.17) is 0 Å². The van der Waals surface area contributed by atoms with Crippen molar-refractivity contribution in [2.24, 2.45) is 0 Å². The molecule has 3 nitrogen and oxygen atoms in total. The Morgan fingerprint density at radius 2 is 1.89 bits per heavy atom. The van der Waals surface area contributed by atoms with Gasteiger partial charge in [0.05, 0.1) is 4.88 Å². The maximum absolute atomic E-state index is 12.0. The number of aromatic nitrogens is 1. The summed E-state index contributed by atoms with van der Waals surface area (Å²) in [5.41, 5.74) is 0.632. The Labute approximate surface area is 110 Å². The van der Waals surface area contributed by atoms with E-state index in [-0.39, 0.29) is 11.5 Å². The summed E-state index contributed by atoms with van der Waals surface area (Å²) in [7, 11) is 0. The number of thiazole rings is 1. The van der Waals surface area contributed by atoms with Gasteiger partial charge in [0, 0.05) is 18.7 Å². The van der Waals surface area contributed by atoms with E-state index >= 15 is 0 Å². The predicted octanol–water partition coefficient (Wildman–Crippen LogP) is 3.91. The fourth-order valence-electron chi connectivity index (χ4n) is 1.37. The number of carbonyl (C=O) groups excluding carboxylic acids is 1. The van der Waals surface area contributed by atoms with Gasteiger partial charge in [-0.15, -0.1) is 24.5 Å². The van der Waals surface area contributed by atoms with Crippen molar-refractivity contribution in [2.75, 3.05) is 0 Å². The van der Waals surface area contributed by atoms with Crippen molar-refractivity contribution in [3.8, 4) is 16.3 Å². The zero-order valence-corrected chi connectivity index (χ0v) is 10.5. The predicted molar refractivity (Wildman–Crippen MR) is 64.2 cm³/mol. The van der Waals surface area contributed by atoms with Gasteiger partial charge in [-0.2, -0.15) is 0 Å². The fraction of sp³-hybridized carbons (Fsp3) is 0.167. The molecule has 19 heavy (non-hydrogen) atoms. The molecule has 0 aliphatic rings. The lowest BCUT2D eigenvalue weighted by atomic mass is 10.2. The van der Waals surface area contributed by atoms with Gasteiger partial charge in [0.2, 0.25) is 0 Å². The van der Waals surface area contributed by atoms with E-state index in [0.29, 0.717) is 15.4 Å². The van der Waals surface area contributed by atoms with Crippen LogP contribution >= 0.6 is 11.3 Å². The number of Topliss-reactive ketones (excluding diaryl/α,β-unsaturated/α-hetero) is 1. The Bertz CT molecular complexity index is 590. The highest BCUT2D eigenvalue weighted by Crippen LogP contribution is 2.29. The molecule has 0 spiro atoms. The van der Waals surface area contributed by atoms with Gasteiger partial charge in [-0.25, -0.2) is 4.98 Å². The van der Waals surface area contributed by atoms with Crippen molar-refractivity contribution in [3.05, 3.63) is 35.3 Å². The number of benzene rings is 1. The molecule has 1 heterocycles. The van der Waals surface area contributed by atoms with Crippen LogP contribution in [0.25, 0.3) is 10.6 Å². The highest BCUT2D eigenvalue weighted by atomic mass is 32.1. The lowest BCUT2D eigenvalue weighted by Crippen LogP contribution is -2.16. The molecule has 0 atom stereocenters. The van der Waals surface area contributed by atoms with E-state index in [2.05, 4.69) is 9.72 Å². The third-order valence-electron chi connectivity index (χ3n) is 2.19. The van der Waals surface area contributed by atoms with Crippen molar-refractivity contribution < 1.29 is 22.7 Å². The molecule has 0 fully saturated rings. The monoisotopic (exact) mass is 287 g/mol. The van der Waals surface area contributed by atoms with E-state index in [1.807, 2.05) is 0 Å². The van der Waals surface area contributed by atoms with Crippen LogP contribution in [0.4, 0.5) is 13.2 Å². The molecular weight excluding hydrogens is 279 g/mol. The number of ether oxygens (including phenoxy) is 1. The van der Waals surface area contributed by atoms with Gasteiger partial charge in [-0.3, -0.25) is 4.79 Å². The average Bonchev–Trinajstić information content (AvgIpc) is 2.77. The summed E-state index contributed by atoms with van der Waals surface area (Å²) < 4.78 is 39.7. The van der Waals surface area contributed by atoms with E-state index in [9.17, 15) is 18.0 Å². The van der Waals surface area contributed by atoms with E-state index in [0.717, 1.165) is 0 Å². The number of alkyl halides is 3. The first kappa shape index (κ1) is 13.5. The highest BCUT2D eigenvalue weighted by Gasteiger charge is 2.30. The molecule has 0 aliphatic carbocycles. The van der Waals surface area contributed by atoms with Crippen LogP contribution in [0.3, 0.4) is 0 Å². The molecule has 0 saturated carbocycles. The zero-order chi connectivity index (χ0) is 14.0. The van der Waals surface area contributed by atoms with Gasteiger partial charge in [0.15, 0.2) is 5.78 Å². The normalized spacial score (nSPS) is 11.4. The summed E-state index contributed by atoms with van der Waals surface area (Å²) in [6.07, 6.45) is -3.26. The smallest absolute Gasteiger partial charge is 0.406 e. The molecule has 1 aromatic carbocycles. The second-order valence-corrected chi connectivity index (χ2v) is 4.69. The van der Waals surface area contributed by atoms with Crippen LogP contribution in [0.5, 0.6) is 5.75 Å². The van der Waals surface area contributed by atoms with Crippen molar-refractivity contribution in [1.82, 2.24) is 4.98 Å². The summed E-state index contributed by atoms with van der Waals surface area (Å²) in [6.45, 7) is 1.43. The maximum Gasteiger partial charge on any atom is 0.573 e. The highest BCUT2D eigenvalue weighted by molar-refractivity contribution is 7.16. The number of ketones is 1. The van der Waals surface area contributed by atoms with Gasteiger partial charge in [-0.1, -0.05) is 0 Å². The second kappa shape index (κ2) is 5.00.